The molecule has 1 fully saturated rings. The van der Waals surface area contributed by atoms with Crippen molar-refractivity contribution in [2.24, 2.45) is 0 Å². The summed E-state index contributed by atoms with van der Waals surface area (Å²) in [6, 6.07) is 0.342. The number of ether oxygens (including phenoxy) is 1. The van der Waals surface area contributed by atoms with E-state index in [2.05, 4.69) is 29.5 Å². The number of hydrogen-bond acceptors (Lipinski definition) is 4. The van der Waals surface area contributed by atoms with Gasteiger partial charge in [-0.3, -0.25) is 0 Å². The average Bonchev–Trinajstić information content (AvgIpc) is 3.04. The Morgan fingerprint density at radius 2 is 2.44 bits per heavy atom. The van der Waals surface area contributed by atoms with E-state index in [0.717, 1.165) is 32.5 Å². The quantitative estimate of drug-likeness (QED) is 0.805. The SMILES string of the molecule is CCNC(CCC1CCCO1)c1cnnn1CC. The Labute approximate surface area is 109 Å². The summed E-state index contributed by atoms with van der Waals surface area (Å²) < 4.78 is 7.66. The third kappa shape index (κ3) is 3.29. The van der Waals surface area contributed by atoms with Gasteiger partial charge in [0.15, 0.2) is 0 Å². The Morgan fingerprint density at radius 3 is 3.11 bits per heavy atom. The van der Waals surface area contributed by atoms with Gasteiger partial charge in [-0.1, -0.05) is 12.1 Å². The summed E-state index contributed by atoms with van der Waals surface area (Å²) in [6.45, 7) is 7.01. The highest BCUT2D eigenvalue weighted by Crippen LogP contribution is 2.23. The molecule has 5 heteroatoms. The summed E-state index contributed by atoms with van der Waals surface area (Å²) in [5.41, 5.74) is 1.19. The van der Waals surface area contributed by atoms with Crippen molar-refractivity contribution >= 4 is 0 Å². The zero-order valence-electron chi connectivity index (χ0n) is 11.4. The zero-order chi connectivity index (χ0) is 12.8. The lowest BCUT2D eigenvalue weighted by Gasteiger charge is -2.20. The molecular formula is C13H24N4O. The van der Waals surface area contributed by atoms with Crippen LogP contribution in [0.25, 0.3) is 0 Å². The first kappa shape index (κ1) is 13.5. The standard InChI is InChI=1S/C13H24N4O/c1-3-14-12(8-7-11-6-5-9-18-11)13-10-15-16-17(13)4-2/h10-12,14H,3-9H2,1-2H3. The van der Waals surface area contributed by atoms with E-state index in [1.165, 1.54) is 18.5 Å². The van der Waals surface area contributed by atoms with Crippen LogP contribution in [0.5, 0.6) is 0 Å². The van der Waals surface area contributed by atoms with Crippen LogP contribution in [0.1, 0.15) is 51.3 Å². The third-order valence-corrected chi connectivity index (χ3v) is 3.56. The fourth-order valence-corrected chi connectivity index (χ4v) is 2.61. The third-order valence-electron chi connectivity index (χ3n) is 3.56. The lowest BCUT2D eigenvalue weighted by Crippen LogP contribution is -2.25. The van der Waals surface area contributed by atoms with Gasteiger partial charge in [0.1, 0.15) is 0 Å². The predicted octanol–water partition coefficient (Wildman–Crippen LogP) is 1.91. The molecule has 1 aliphatic heterocycles. The molecule has 1 aromatic rings. The van der Waals surface area contributed by atoms with Gasteiger partial charge in [-0.05, 0) is 39.2 Å². The molecule has 0 bridgehead atoms. The highest BCUT2D eigenvalue weighted by atomic mass is 16.5. The number of aromatic nitrogens is 3. The maximum Gasteiger partial charge on any atom is 0.0756 e. The van der Waals surface area contributed by atoms with E-state index in [4.69, 9.17) is 4.74 Å². The Balaban J connectivity index is 1.94. The molecule has 18 heavy (non-hydrogen) atoms. The summed E-state index contributed by atoms with van der Waals surface area (Å²) in [6.07, 6.45) is 6.97. The van der Waals surface area contributed by atoms with E-state index >= 15 is 0 Å². The number of nitrogens with zero attached hydrogens (tertiary/aromatic N) is 3. The molecule has 5 nitrogen and oxygen atoms in total. The van der Waals surface area contributed by atoms with Gasteiger partial charge in [0.2, 0.25) is 0 Å². The Morgan fingerprint density at radius 1 is 1.56 bits per heavy atom. The molecule has 0 spiro atoms. The van der Waals surface area contributed by atoms with E-state index < -0.39 is 0 Å². The monoisotopic (exact) mass is 252 g/mol. The first-order valence-corrected chi connectivity index (χ1v) is 7.08. The molecule has 1 aromatic heterocycles. The van der Waals surface area contributed by atoms with Gasteiger partial charge in [-0.2, -0.15) is 0 Å². The number of hydrogen-bond donors (Lipinski definition) is 1. The van der Waals surface area contributed by atoms with Crippen LogP contribution in [0.2, 0.25) is 0 Å². The van der Waals surface area contributed by atoms with Crippen molar-refractivity contribution in [1.29, 1.82) is 0 Å². The van der Waals surface area contributed by atoms with E-state index in [1.807, 2.05) is 10.9 Å². The van der Waals surface area contributed by atoms with Crippen LogP contribution in [0.3, 0.4) is 0 Å². The first-order valence-electron chi connectivity index (χ1n) is 7.08. The van der Waals surface area contributed by atoms with Crippen LogP contribution in [0, 0.1) is 0 Å². The van der Waals surface area contributed by atoms with Crippen LogP contribution >= 0.6 is 0 Å². The second-order valence-electron chi connectivity index (χ2n) is 4.80. The molecule has 0 radical (unpaired) electrons. The van der Waals surface area contributed by atoms with Gasteiger partial charge in [-0.25, -0.2) is 4.68 Å². The second-order valence-corrected chi connectivity index (χ2v) is 4.80. The Bertz CT molecular complexity index is 347. The molecule has 2 unspecified atom stereocenters. The van der Waals surface area contributed by atoms with E-state index in [9.17, 15) is 0 Å². The molecule has 0 amide bonds. The van der Waals surface area contributed by atoms with E-state index in [-0.39, 0.29) is 0 Å². The molecule has 2 rings (SSSR count). The average molecular weight is 252 g/mol. The molecule has 0 aromatic carbocycles. The summed E-state index contributed by atoms with van der Waals surface area (Å²) in [7, 11) is 0. The van der Waals surface area contributed by atoms with E-state index in [1.54, 1.807) is 0 Å². The van der Waals surface area contributed by atoms with Crippen molar-refractivity contribution in [3.05, 3.63) is 11.9 Å². The van der Waals surface area contributed by atoms with Gasteiger partial charge in [0.05, 0.1) is 24.0 Å². The summed E-state index contributed by atoms with van der Waals surface area (Å²) >= 11 is 0. The van der Waals surface area contributed by atoms with Crippen LogP contribution in [-0.4, -0.2) is 34.2 Å². The number of aryl methyl sites for hydroxylation is 1. The van der Waals surface area contributed by atoms with Crippen molar-refractivity contribution in [2.75, 3.05) is 13.2 Å². The normalized spacial score (nSPS) is 21.3. The fraction of sp³-hybridized carbons (Fsp3) is 0.846. The van der Waals surface area contributed by atoms with Gasteiger partial charge in [-0.15, -0.1) is 5.10 Å². The number of nitrogens with one attached hydrogen (secondary N) is 1. The summed E-state index contributed by atoms with van der Waals surface area (Å²) in [5.74, 6) is 0. The van der Waals surface area contributed by atoms with Gasteiger partial charge < -0.3 is 10.1 Å². The minimum absolute atomic E-state index is 0.342. The lowest BCUT2D eigenvalue weighted by atomic mass is 10.0. The molecule has 2 heterocycles. The van der Waals surface area contributed by atoms with Crippen molar-refractivity contribution in [3.8, 4) is 0 Å². The topological polar surface area (TPSA) is 52.0 Å². The Hall–Kier alpha value is -0.940. The molecule has 2 atom stereocenters. The van der Waals surface area contributed by atoms with Gasteiger partial charge in [0, 0.05) is 13.2 Å². The van der Waals surface area contributed by atoms with Gasteiger partial charge >= 0.3 is 0 Å². The fourth-order valence-electron chi connectivity index (χ4n) is 2.61. The molecule has 0 aliphatic carbocycles. The van der Waals surface area contributed by atoms with Crippen LogP contribution < -0.4 is 5.32 Å². The second kappa shape index (κ2) is 6.85. The summed E-state index contributed by atoms with van der Waals surface area (Å²) in [4.78, 5) is 0. The molecule has 1 N–H and O–H groups in total. The van der Waals surface area contributed by atoms with Crippen molar-refractivity contribution in [3.63, 3.8) is 0 Å². The minimum Gasteiger partial charge on any atom is -0.378 e. The molecule has 1 saturated heterocycles. The van der Waals surface area contributed by atoms with Crippen LogP contribution in [0.4, 0.5) is 0 Å². The molecule has 102 valence electrons. The first-order chi connectivity index (χ1) is 8.85. The zero-order valence-corrected chi connectivity index (χ0v) is 11.4. The predicted molar refractivity (Wildman–Crippen MR) is 70.3 cm³/mol. The van der Waals surface area contributed by atoms with Gasteiger partial charge in [0.25, 0.3) is 0 Å². The smallest absolute Gasteiger partial charge is 0.0756 e. The maximum atomic E-state index is 5.69. The highest BCUT2D eigenvalue weighted by Gasteiger charge is 2.20. The van der Waals surface area contributed by atoms with E-state index in [0.29, 0.717) is 12.1 Å². The van der Waals surface area contributed by atoms with Crippen molar-refractivity contribution in [2.45, 2.75) is 58.2 Å². The van der Waals surface area contributed by atoms with Crippen molar-refractivity contribution in [1.82, 2.24) is 20.3 Å². The lowest BCUT2D eigenvalue weighted by molar-refractivity contribution is 0.0993. The molecule has 1 aliphatic rings. The Kier molecular flexibility index (Phi) is 5.13. The largest absolute Gasteiger partial charge is 0.378 e. The number of rotatable bonds is 7. The highest BCUT2D eigenvalue weighted by molar-refractivity contribution is 5.02. The summed E-state index contributed by atoms with van der Waals surface area (Å²) in [5, 5.41) is 11.7. The molecular weight excluding hydrogens is 228 g/mol. The maximum absolute atomic E-state index is 5.69. The van der Waals surface area contributed by atoms with Crippen LogP contribution in [0.15, 0.2) is 6.20 Å². The van der Waals surface area contributed by atoms with Crippen molar-refractivity contribution < 1.29 is 4.74 Å². The van der Waals surface area contributed by atoms with Crippen LogP contribution in [-0.2, 0) is 11.3 Å². The molecule has 0 saturated carbocycles. The minimum atomic E-state index is 0.342.